The van der Waals surface area contributed by atoms with Gasteiger partial charge in [-0.15, -0.1) is 0 Å². The highest BCUT2D eigenvalue weighted by Gasteiger charge is 2.35. The summed E-state index contributed by atoms with van der Waals surface area (Å²) in [4.78, 5) is 38.6. The molecule has 0 aliphatic carbocycles. The standard InChI is InChI=1S/C32H32N4O5/c1-21(2)14-16-41-27-12-10-24(11-13-27)30-25(20-36(34-30)26-8-6-5-7-9-26)18-28-22(3)29(19-33)32(39)35(31(28)38)15-17-40-23(4)37/h5-13,18,20-21H,14-17H2,1-4H3/b28-18+. The van der Waals surface area contributed by atoms with Gasteiger partial charge in [-0.3, -0.25) is 19.3 Å². The lowest BCUT2D eigenvalue weighted by molar-refractivity contribution is -0.147. The summed E-state index contributed by atoms with van der Waals surface area (Å²) < 4.78 is 12.5. The molecule has 1 aliphatic rings. The third-order valence-corrected chi connectivity index (χ3v) is 6.60. The second-order valence-corrected chi connectivity index (χ2v) is 10.0. The van der Waals surface area contributed by atoms with Gasteiger partial charge >= 0.3 is 5.97 Å². The first-order valence-corrected chi connectivity index (χ1v) is 13.4. The van der Waals surface area contributed by atoms with E-state index < -0.39 is 17.8 Å². The molecule has 2 aromatic carbocycles. The summed E-state index contributed by atoms with van der Waals surface area (Å²) in [5.74, 6) is -0.530. The average Bonchev–Trinajstić information content (AvgIpc) is 3.37. The molecule has 9 nitrogen and oxygen atoms in total. The smallest absolute Gasteiger partial charge is 0.302 e. The van der Waals surface area contributed by atoms with Crippen LogP contribution in [0.25, 0.3) is 23.0 Å². The summed E-state index contributed by atoms with van der Waals surface area (Å²) in [6, 6.07) is 19.1. The zero-order chi connectivity index (χ0) is 29.5. The first kappa shape index (κ1) is 29.0. The van der Waals surface area contributed by atoms with E-state index >= 15 is 0 Å². The maximum absolute atomic E-state index is 13.5. The average molecular weight is 553 g/mol. The van der Waals surface area contributed by atoms with Crippen molar-refractivity contribution < 1.29 is 23.9 Å². The number of nitrogens with zero attached hydrogens (tertiary/aromatic N) is 4. The number of esters is 1. The largest absolute Gasteiger partial charge is 0.494 e. The predicted molar refractivity (Wildman–Crippen MR) is 154 cm³/mol. The van der Waals surface area contributed by atoms with E-state index in [4.69, 9.17) is 14.6 Å². The van der Waals surface area contributed by atoms with E-state index in [1.165, 1.54) is 6.92 Å². The highest BCUT2D eigenvalue weighted by Crippen LogP contribution is 2.32. The highest BCUT2D eigenvalue weighted by molar-refractivity contribution is 6.19. The van der Waals surface area contributed by atoms with Gasteiger partial charge in [-0.1, -0.05) is 32.0 Å². The molecule has 2 amide bonds. The summed E-state index contributed by atoms with van der Waals surface area (Å²) in [6.45, 7) is 7.41. The maximum atomic E-state index is 13.5. The lowest BCUT2D eigenvalue weighted by Gasteiger charge is -2.27. The van der Waals surface area contributed by atoms with Crippen LogP contribution in [0, 0.1) is 17.2 Å². The Morgan fingerprint density at radius 1 is 1.05 bits per heavy atom. The molecular formula is C32H32N4O5. The second-order valence-electron chi connectivity index (χ2n) is 10.0. The third-order valence-electron chi connectivity index (χ3n) is 6.60. The Balaban J connectivity index is 1.76. The Hall–Kier alpha value is -4.97. The van der Waals surface area contributed by atoms with Gasteiger partial charge in [-0.05, 0) is 67.3 Å². The zero-order valence-electron chi connectivity index (χ0n) is 23.6. The van der Waals surface area contributed by atoms with Crippen LogP contribution in [0.4, 0.5) is 0 Å². The summed E-state index contributed by atoms with van der Waals surface area (Å²) in [6.07, 6.45) is 4.40. The van der Waals surface area contributed by atoms with Gasteiger partial charge in [0.25, 0.3) is 11.8 Å². The molecule has 1 aliphatic heterocycles. The van der Waals surface area contributed by atoms with Gasteiger partial charge < -0.3 is 9.47 Å². The molecule has 9 heteroatoms. The summed E-state index contributed by atoms with van der Waals surface area (Å²) in [5, 5.41) is 14.6. The van der Waals surface area contributed by atoms with Crippen LogP contribution in [0.5, 0.6) is 5.75 Å². The van der Waals surface area contributed by atoms with Crippen LogP contribution >= 0.6 is 0 Å². The second kappa shape index (κ2) is 12.9. The van der Waals surface area contributed by atoms with Gasteiger partial charge in [-0.25, -0.2) is 4.68 Å². The van der Waals surface area contributed by atoms with E-state index in [2.05, 4.69) is 13.8 Å². The SMILES string of the molecule is CC(=O)OCCN1C(=O)C(C#N)=C(C)/C(=C\c2cn(-c3ccccc3)nc2-c2ccc(OCCC(C)C)cc2)C1=O. The number of benzene rings is 2. The van der Waals surface area contributed by atoms with Crippen molar-refractivity contribution in [3.63, 3.8) is 0 Å². The van der Waals surface area contributed by atoms with Crippen LogP contribution in [0.3, 0.4) is 0 Å². The van der Waals surface area contributed by atoms with Gasteiger partial charge in [0.15, 0.2) is 0 Å². The Morgan fingerprint density at radius 2 is 1.76 bits per heavy atom. The molecule has 41 heavy (non-hydrogen) atoms. The molecule has 0 atom stereocenters. The Kier molecular flexibility index (Phi) is 9.15. The number of aromatic nitrogens is 2. The van der Waals surface area contributed by atoms with Crippen molar-refractivity contribution in [1.82, 2.24) is 14.7 Å². The fraction of sp³-hybridized carbons (Fsp3) is 0.281. The molecule has 0 saturated carbocycles. The minimum absolute atomic E-state index is 0.140. The lowest BCUT2D eigenvalue weighted by Crippen LogP contribution is -2.44. The van der Waals surface area contributed by atoms with Crippen LogP contribution in [0.2, 0.25) is 0 Å². The van der Waals surface area contributed by atoms with Crippen molar-refractivity contribution in [3.8, 4) is 28.8 Å². The van der Waals surface area contributed by atoms with E-state index in [0.717, 1.165) is 28.3 Å². The quantitative estimate of drug-likeness (QED) is 0.195. The number of carbonyl (C=O) groups excluding carboxylic acids is 3. The molecule has 1 aromatic heterocycles. The monoisotopic (exact) mass is 552 g/mol. The molecule has 0 N–H and O–H groups in total. The molecule has 0 fully saturated rings. The van der Waals surface area contributed by atoms with Crippen LogP contribution in [-0.4, -0.2) is 52.2 Å². The molecule has 0 bridgehead atoms. The third kappa shape index (κ3) is 6.79. The summed E-state index contributed by atoms with van der Waals surface area (Å²) in [5.41, 5.74) is 3.18. The van der Waals surface area contributed by atoms with Crippen LogP contribution < -0.4 is 4.74 Å². The molecule has 4 rings (SSSR count). The molecule has 0 unspecified atom stereocenters. The molecule has 3 aromatic rings. The van der Waals surface area contributed by atoms with Crippen LogP contribution in [0.15, 0.2) is 77.5 Å². The fourth-order valence-electron chi connectivity index (χ4n) is 4.32. The first-order valence-electron chi connectivity index (χ1n) is 13.4. The molecular weight excluding hydrogens is 520 g/mol. The minimum atomic E-state index is -0.715. The van der Waals surface area contributed by atoms with Gasteiger partial charge in [0.2, 0.25) is 0 Å². The maximum Gasteiger partial charge on any atom is 0.302 e. The Morgan fingerprint density at radius 3 is 2.39 bits per heavy atom. The van der Waals surface area contributed by atoms with E-state index in [1.807, 2.05) is 60.7 Å². The summed E-state index contributed by atoms with van der Waals surface area (Å²) >= 11 is 0. The normalized spacial score (nSPS) is 14.5. The van der Waals surface area contributed by atoms with Crippen molar-refractivity contribution in [2.24, 2.45) is 5.92 Å². The zero-order valence-corrected chi connectivity index (χ0v) is 23.6. The number of ether oxygens (including phenoxy) is 2. The Labute approximate surface area is 239 Å². The van der Waals surface area contributed by atoms with E-state index in [0.29, 0.717) is 23.8 Å². The summed E-state index contributed by atoms with van der Waals surface area (Å²) in [7, 11) is 0. The van der Waals surface area contributed by atoms with Gasteiger partial charge in [0.1, 0.15) is 24.0 Å². The van der Waals surface area contributed by atoms with Crippen molar-refractivity contribution in [3.05, 3.63) is 83.1 Å². The van der Waals surface area contributed by atoms with Gasteiger partial charge in [-0.2, -0.15) is 10.4 Å². The van der Waals surface area contributed by atoms with Gasteiger partial charge in [0, 0.05) is 29.8 Å². The first-order chi connectivity index (χ1) is 19.7. The predicted octanol–water partition coefficient (Wildman–Crippen LogP) is 5.12. The molecule has 0 spiro atoms. The Bertz CT molecular complexity index is 1540. The number of nitriles is 1. The molecule has 2 heterocycles. The number of rotatable bonds is 10. The fourth-order valence-corrected chi connectivity index (χ4v) is 4.32. The number of imide groups is 1. The van der Waals surface area contributed by atoms with Crippen LogP contribution in [-0.2, 0) is 19.1 Å². The minimum Gasteiger partial charge on any atom is -0.494 e. The van der Waals surface area contributed by atoms with Crippen LogP contribution in [0.1, 0.15) is 39.7 Å². The number of carbonyl (C=O) groups is 3. The van der Waals surface area contributed by atoms with E-state index in [1.54, 1.807) is 23.9 Å². The lowest BCUT2D eigenvalue weighted by atomic mass is 9.93. The number of para-hydroxylation sites is 1. The van der Waals surface area contributed by atoms with Crippen molar-refractivity contribution in [1.29, 1.82) is 5.26 Å². The van der Waals surface area contributed by atoms with Gasteiger partial charge in [0.05, 0.1) is 24.5 Å². The van der Waals surface area contributed by atoms with Crippen molar-refractivity contribution >= 4 is 23.9 Å². The topological polar surface area (TPSA) is 115 Å². The molecule has 210 valence electrons. The molecule has 0 radical (unpaired) electrons. The van der Waals surface area contributed by atoms with Crippen molar-refractivity contribution in [2.75, 3.05) is 19.8 Å². The van der Waals surface area contributed by atoms with E-state index in [9.17, 15) is 19.6 Å². The molecule has 0 saturated heterocycles. The number of hydrogen-bond donors (Lipinski definition) is 0. The number of hydrogen-bond acceptors (Lipinski definition) is 7. The number of amides is 2. The van der Waals surface area contributed by atoms with E-state index in [-0.39, 0.29) is 29.9 Å². The highest BCUT2D eigenvalue weighted by atomic mass is 16.5. The van der Waals surface area contributed by atoms with Crippen molar-refractivity contribution in [2.45, 2.75) is 34.1 Å².